The van der Waals surface area contributed by atoms with Gasteiger partial charge >= 0.3 is 4.87 Å². The Bertz CT molecular complexity index is 1440. The van der Waals surface area contributed by atoms with E-state index in [4.69, 9.17) is 5.73 Å². The van der Waals surface area contributed by atoms with Gasteiger partial charge in [-0.2, -0.15) is 0 Å². The number of nitrogens with zero attached hydrogens (tertiary/aromatic N) is 2. The van der Waals surface area contributed by atoms with Crippen LogP contribution in [0.25, 0.3) is 10.2 Å². The molecule has 0 unspecified atom stereocenters. The lowest BCUT2D eigenvalue weighted by molar-refractivity contribution is -0.118. The highest BCUT2D eigenvalue weighted by Crippen LogP contribution is 2.29. The van der Waals surface area contributed by atoms with Gasteiger partial charge in [-0.1, -0.05) is 72.0 Å². The highest BCUT2D eigenvalue weighted by Gasteiger charge is 2.27. The fourth-order valence-electron chi connectivity index (χ4n) is 5.61. The van der Waals surface area contributed by atoms with Crippen LogP contribution in [0.3, 0.4) is 0 Å². The average molecular weight is 545 g/mol. The molecule has 1 aliphatic carbocycles. The molecule has 204 valence electrons. The summed E-state index contributed by atoms with van der Waals surface area (Å²) < 4.78 is 0.834. The van der Waals surface area contributed by atoms with Crippen LogP contribution >= 0.6 is 11.3 Å². The maximum atomic E-state index is 12.0. The maximum absolute atomic E-state index is 12.0. The summed E-state index contributed by atoms with van der Waals surface area (Å²) in [4.78, 5) is 31.1. The fraction of sp³-hybridized carbons (Fsp3) is 0.355. The zero-order chi connectivity index (χ0) is 27.2. The second-order valence-corrected chi connectivity index (χ2v) is 11.4. The number of phenolic OH excluding ortho intramolecular Hbond substituents is 1. The number of carbonyl (C=O) groups excluding carboxylic acids is 1. The summed E-state index contributed by atoms with van der Waals surface area (Å²) in [5.74, 6) is -0.164. The third-order valence-electron chi connectivity index (χ3n) is 7.79. The van der Waals surface area contributed by atoms with Crippen molar-refractivity contribution in [3.8, 4) is 5.75 Å². The first-order chi connectivity index (χ1) is 19.0. The molecule has 0 atom stereocenters. The Kier molecular flexibility index (Phi) is 8.76. The number of phenols is 1. The van der Waals surface area contributed by atoms with Crippen LogP contribution in [0.2, 0.25) is 0 Å². The molecule has 0 spiro atoms. The number of fused-ring (bicyclic) bond motifs is 2. The molecule has 4 N–H and O–H groups in total. The molecule has 4 aromatic rings. The molecule has 39 heavy (non-hydrogen) atoms. The SMILES string of the molecule is NC(=O)CCN(CCc1ccccc1)CCN(CCc1ccc(O)c2[nH]c(=O)sc12)C1Cc2ccccc2C1. The summed E-state index contributed by atoms with van der Waals surface area (Å²) in [6.45, 7) is 4.07. The van der Waals surface area contributed by atoms with Crippen LogP contribution < -0.4 is 10.6 Å². The van der Waals surface area contributed by atoms with Gasteiger partial charge in [0.15, 0.2) is 0 Å². The predicted octanol–water partition coefficient (Wildman–Crippen LogP) is 3.73. The van der Waals surface area contributed by atoms with Crippen molar-refractivity contribution in [1.82, 2.24) is 14.8 Å². The number of hydrogen-bond acceptors (Lipinski definition) is 6. The molecule has 0 bridgehead atoms. The smallest absolute Gasteiger partial charge is 0.305 e. The lowest BCUT2D eigenvalue weighted by atomic mass is 10.1. The number of carbonyl (C=O) groups is 1. The number of benzene rings is 3. The van der Waals surface area contributed by atoms with E-state index in [1.807, 2.05) is 12.1 Å². The zero-order valence-electron chi connectivity index (χ0n) is 22.1. The highest BCUT2D eigenvalue weighted by atomic mass is 32.1. The monoisotopic (exact) mass is 544 g/mol. The molecule has 0 radical (unpaired) electrons. The van der Waals surface area contributed by atoms with Crippen molar-refractivity contribution in [3.05, 3.63) is 98.7 Å². The number of hydrogen-bond donors (Lipinski definition) is 3. The number of thiazole rings is 1. The average Bonchev–Trinajstić information content (AvgIpc) is 3.55. The molecule has 3 aromatic carbocycles. The van der Waals surface area contributed by atoms with Crippen LogP contribution in [0, 0.1) is 0 Å². The minimum absolute atomic E-state index is 0.110. The van der Waals surface area contributed by atoms with Crippen LogP contribution in [0.15, 0.2) is 71.5 Å². The molecule has 1 aliphatic rings. The Morgan fingerprint density at radius 2 is 1.62 bits per heavy atom. The van der Waals surface area contributed by atoms with E-state index in [1.165, 1.54) is 16.7 Å². The molecule has 1 aromatic heterocycles. The molecular formula is C31H36N4O3S. The summed E-state index contributed by atoms with van der Waals surface area (Å²) in [6, 6.07) is 23.1. The first-order valence-electron chi connectivity index (χ1n) is 13.7. The minimum atomic E-state index is -0.273. The van der Waals surface area contributed by atoms with E-state index in [9.17, 15) is 14.7 Å². The molecular weight excluding hydrogens is 508 g/mol. The molecule has 0 saturated heterocycles. The summed E-state index contributed by atoms with van der Waals surface area (Å²) >= 11 is 1.16. The predicted molar refractivity (Wildman–Crippen MR) is 157 cm³/mol. The Morgan fingerprint density at radius 1 is 0.897 bits per heavy atom. The number of amides is 1. The summed E-state index contributed by atoms with van der Waals surface area (Å²) in [7, 11) is 0. The normalized spacial score (nSPS) is 13.5. The molecule has 8 heteroatoms. The third kappa shape index (κ3) is 6.95. The van der Waals surface area contributed by atoms with Crippen molar-refractivity contribution in [3.63, 3.8) is 0 Å². The second-order valence-electron chi connectivity index (χ2n) is 10.4. The van der Waals surface area contributed by atoms with E-state index in [0.29, 0.717) is 24.5 Å². The van der Waals surface area contributed by atoms with Crippen molar-refractivity contribution in [2.75, 3.05) is 32.7 Å². The van der Waals surface area contributed by atoms with Crippen molar-refractivity contribution in [2.45, 2.75) is 38.1 Å². The third-order valence-corrected chi connectivity index (χ3v) is 8.75. The number of nitrogens with one attached hydrogen (secondary N) is 1. The molecule has 0 aliphatic heterocycles. The summed E-state index contributed by atoms with van der Waals surface area (Å²) in [5.41, 5.74) is 11.2. The Balaban J connectivity index is 1.30. The quantitative estimate of drug-likeness (QED) is 0.238. The van der Waals surface area contributed by atoms with Crippen molar-refractivity contribution >= 4 is 27.5 Å². The van der Waals surface area contributed by atoms with E-state index >= 15 is 0 Å². The Hall–Kier alpha value is -3.46. The van der Waals surface area contributed by atoms with E-state index in [1.54, 1.807) is 6.07 Å². The van der Waals surface area contributed by atoms with Gasteiger partial charge in [0, 0.05) is 45.2 Å². The summed E-state index contributed by atoms with van der Waals surface area (Å²) in [5, 5.41) is 10.2. The van der Waals surface area contributed by atoms with Gasteiger partial charge in [0.2, 0.25) is 5.91 Å². The summed E-state index contributed by atoms with van der Waals surface area (Å²) in [6.07, 6.45) is 4.09. The number of H-pyrrole nitrogens is 1. The van der Waals surface area contributed by atoms with Gasteiger partial charge in [-0.25, -0.2) is 0 Å². The number of rotatable bonds is 13. The largest absolute Gasteiger partial charge is 0.506 e. The number of primary amides is 1. The molecule has 0 fully saturated rings. The molecule has 1 amide bonds. The Labute approximate surface area is 232 Å². The molecule has 0 saturated carbocycles. The first-order valence-corrected chi connectivity index (χ1v) is 14.5. The van der Waals surface area contributed by atoms with Gasteiger partial charge < -0.3 is 20.7 Å². The zero-order valence-corrected chi connectivity index (χ0v) is 23.0. The second kappa shape index (κ2) is 12.6. The lowest BCUT2D eigenvalue weighted by Gasteiger charge is -2.32. The molecule has 1 heterocycles. The minimum Gasteiger partial charge on any atom is -0.506 e. The van der Waals surface area contributed by atoms with Crippen molar-refractivity contribution in [2.24, 2.45) is 5.73 Å². The molecule has 5 rings (SSSR count). The van der Waals surface area contributed by atoms with E-state index in [0.717, 1.165) is 73.5 Å². The van der Waals surface area contributed by atoms with Gasteiger partial charge in [-0.15, -0.1) is 0 Å². The van der Waals surface area contributed by atoms with Crippen molar-refractivity contribution < 1.29 is 9.90 Å². The van der Waals surface area contributed by atoms with Gasteiger partial charge in [-0.3, -0.25) is 14.5 Å². The van der Waals surface area contributed by atoms with Gasteiger partial charge in [-0.05, 0) is 54.0 Å². The van der Waals surface area contributed by atoms with Gasteiger partial charge in [0.1, 0.15) is 11.3 Å². The topological polar surface area (TPSA) is 103 Å². The van der Waals surface area contributed by atoms with E-state index in [2.05, 4.69) is 63.3 Å². The van der Waals surface area contributed by atoms with Crippen LogP contribution in [-0.4, -0.2) is 64.6 Å². The lowest BCUT2D eigenvalue weighted by Crippen LogP contribution is -2.43. The fourth-order valence-corrected chi connectivity index (χ4v) is 6.51. The van der Waals surface area contributed by atoms with Crippen molar-refractivity contribution in [1.29, 1.82) is 0 Å². The number of aromatic hydroxyl groups is 1. The van der Waals surface area contributed by atoms with Crippen LogP contribution in [0.1, 0.15) is 28.7 Å². The number of aromatic amines is 1. The van der Waals surface area contributed by atoms with E-state index in [-0.39, 0.29) is 16.5 Å². The van der Waals surface area contributed by atoms with Crippen LogP contribution in [0.5, 0.6) is 5.75 Å². The Morgan fingerprint density at radius 3 is 2.33 bits per heavy atom. The first kappa shape index (κ1) is 27.1. The highest BCUT2D eigenvalue weighted by molar-refractivity contribution is 7.16. The van der Waals surface area contributed by atoms with Crippen LogP contribution in [0.4, 0.5) is 0 Å². The van der Waals surface area contributed by atoms with Gasteiger partial charge in [0.25, 0.3) is 0 Å². The van der Waals surface area contributed by atoms with Crippen LogP contribution in [-0.2, 0) is 30.5 Å². The van der Waals surface area contributed by atoms with Gasteiger partial charge in [0.05, 0.1) is 4.70 Å². The number of aromatic nitrogens is 1. The maximum Gasteiger partial charge on any atom is 0.305 e. The standard InChI is InChI=1S/C31H36N4O3S/c32-28(37)14-16-34(15-12-22-6-2-1-3-7-22)18-19-35(26-20-24-8-4-5-9-25(24)21-26)17-13-23-10-11-27(36)29-30(23)39-31(38)33-29/h1-11,26,36H,12-21H2,(H2,32,37)(H,33,38). The number of nitrogens with two attached hydrogens (primary N) is 1. The van der Waals surface area contributed by atoms with E-state index < -0.39 is 0 Å². The molecule has 7 nitrogen and oxygen atoms in total.